The molecule has 2 fully saturated rings. The van der Waals surface area contributed by atoms with E-state index in [-0.39, 0.29) is 18.4 Å². The summed E-state index contributed by atoms with van der Waals surface area (Å²) in [5, 5.41) is 3.75. The normalized spacial score (nSPS) is 32.2. The Hall–Kier alpha value is -1.92. The maximum absolute atomic E-state index is 12.8. The van der Waals surface area contributed by atoms with Crippen LogP contribution in [-0.4, -0.2) is 41.9 Å². The fourth-order valence-electron chi connectivity index (χ4n) is 3.87. The Morgan fingerprint density at radius 1 is 1.29 bits per heavy atom. The van der Waals surface area contributed by atoms with Crippen LogP contribution in [-0.2, 0) is 19.1 Å². The van der Waals surface area contributed by atoms with Crippen LogP contribution in [0.15, 0.2) is 24.3 Å². The molecule has 4 atom stereocenters. The van der Waals surface area contributed by atoms with Crippen LogP contribution in [0.1, 0.15) is 25.5 Å². The Labute approximate surface area is 145 Å². The number of esters is 1. The highest BCUT2D eigenvalue weighted by Gasteiger charge is 2.66. The number of hydrogen-bond donors (Lipinski definition) is 1. The van der Waals surface area contributed by atoms with Crippen LogP contribution < -0.4 is 5.32 Å². The first-order valence-corrected chi connectivity index (χ1v) is 8.19. The van der Waals surface area contributed by atoms with Crippen LogP contribution >= 0.6 is 11.6 Å². The van der Waals surface area contributed by atoms with Crippen molar-refractivity contribution in [3.63, 3.8) is 0 Å². The fraction of sp³-hybridized carbons (Fsp3) is 0.471. The molecule has 2 heterocycles. The number of halogens is 1. The molecule has 6 nitrogen and oxygen atoms in total. The fourth-order valence-corrected chi connectivity index (χ4v) is 3.99. The van der Waals surface area contributed by atoms with Gasteiger partial charge >= 0.3 is 5.97 Å². The van der Waals surface area contributed by atoms with E-state index < -0.39 is 29.4 Å². The van der Waals surface area contributed by atoms with Crippen LogP contribution in [0.5, 0.6) is 0 Å². The van der Waals surface area contributed by atoms with Crippen molar-refractivity contribution in [2.75, 3.05) is 13.7 Å². The van der Waals surface area contributed by atoms with Gasteiger partial charge in [-0.3, -0.25) is 24.6 Å². The summed E-state index contributed by atoms with van der Waals surface area (Å²) in [6.07, 6.45) is 0. The number of rotatable bonds is 3. The van der Waals surface area contributed by atoms with Gasteiger partial charge in [-0.25, -0.2) is 0 Å². The number of nitrogens with one attached hydrogen (secondary N) is 1. The zero-order chi connectivity index (χ0) is 17.6. The number of methoxy groups -OCH3 is 1. The van der Waals surface area contributed by atoms with Crippen molar-refractivity contribution in [3.05, 3.63) is 34.9 Å². The SMILES string of the molecule is CCN1C(=O)[C@H]2[C@@H](c3ccc(Cl)cc3)N[C@@](C)(C(=O)OC)[C@@H]2C1=O. The minimum atomic E-state index is -1.25. The molecule has 128 valence electrons. The number of ether oxygens (including phenoxy) is 1. The van der Waals surface area contributed by atoms with Crippen molar-refractivity contribution < 1.29 is 19.1 Å². The molecule has 0 aliphatic carbocycles. The van der Waals surface area contributed by atoms with E-state index in [2.05, 4.69) is 5.32 Å². The number of hydrogen-bond acceptors (Lipinski definition) is 5. The van der Waals surface area contributed by atoms with Crippen LogP contribution in [0, 0.1) is 11.8 Å². The number of likely N-dealkylation sites (tertiary alicyclic amines) is 1. The lowest BCUT2D eigenvalue weighted by molar-refractivity contribution is -0.153. The molecule has 2 saturated heterocycles. The molecule has 0 aromatic heterocycles. The second-order valence-corrected chi connectivity index (χ2v) is 6.73. The lowest BCUT2D eigenvalue weighted by atomic mass is 9.80. The van der Waals surface area contributed by atoms with E-state index in [4.69, 9.17) is 16.3 Å². The number of imide groups is 1. The van der Waals surface area contributed by atoms with E-state index in [1.54, 1.807) is 38.1 Å². The summed E-state index contributed by atoms with van der Waals surface area (Å²) >= 11 is 5.93. The van der Waals surface area contributed by atoms with Gasteiger partial charge in [0.15, 0.2) is 0 Å². The summed E-state index contributed by atoms with van der Waals surface area (Å²) in [6, 6.07) is 6.59. The maximum atomic E-state index is 12.8. The van der Waals surface area contributed by atoms with Crippen molar-refractivity contribution in [2.45, 2.75) is 25.4 Å². The molecule has 24 heavy (non-hydrogen) atoms. The van der Waals surface area contributed by atoms with Crippen molar-refractivity contribution in [2.24, 2.45) is 11.8 Å². The quantitative estimate of drug-likeness (QED) is 0.661. The zero-order valence-corrected chi connectivity index (χ0v) is 14.5. The van der Waals surface area contributed by atoms with Gasteiger partial charge in [0.1, 0.15) is 5.54 Å². The highest BCUT2D eigenvalue weighted by atomic mass is 35.5. The first kappa shape index (κ1) is 16.9. The molecule has 1 aromatic carbocycles. The summed E-state index contributed by atoms with van der Waals surface area (Å²) in [5.74, 6) is -2.55. The molecule has 0 bridgehead atoms. The van der Waals surface area contributed by atoms with Crippen molar-refractivity contribution in [1.82, 2.24) is 10.2 Å². The second kappa shape index (κ2) is 5.86. The monoisotopic (exact) mass is 350 g/mol. The van der Waals surface area contributed by atoms with Gasteiger partial charge in [0.05, 0.1) is 18.9 Å². The minimum absolute atomic E-state index is 0.257. The van der Waals surface area contributed by atoms with Gasteiger partial charge in [0.25, 0.3) is 0 Å². The Morgan fingerprint density at radius 2 is 1.92 bits per heavy atom. The smallest absolute Gasteiger partial charge is 0.326 e. The van der Waals surface area contributed by atoms with E-state index in [1.807, 2.05) is 0 Å². The molecule has 2 aliphatic heterocycles. The molecule has 0 saturated carbocycles. The van der Waals surface area contributed by atoms with Crippen molar-refractivity contribution in [1.29, 1.82) is 0 Å². The standard InChI is InChI=1S/C17H19ClN2O4/c1-4-20-14(21)11-12(15(20)22)17(2,16(23)24-3)19-13(11)9-5-7-10(18)8-6-9/h5-8,11-13,19H,4H2,1-3H3/t11-,12+,13-,17-/m1/s1. The van der Waals surface area contributed by atoms with Crippen molar-refractivity contribution >= 4 is 29.4 Å². The predicted octanol–water partition coefficient (Wildman–Crippen LogP) is 1.54. The Morgan fingerprint density at radius 3 is 2.46 bits per heavy atom. The number of benzene rings is 1. The molecule has 2 aliphatic rings. The van der Waals surface area contributed by atoms with Crippen molar-refractivity contribution in [3.8, 4) is 0 Å². The maximum Gasteiger partial charge on any atom is 0.326 e. The largest absolute Gasteiger partial charge is 0.468 e. The highest BCUT2D eigenvalue weighted by molar-refractivity contribution is 6.30. The van der Waals surface area contributed by atoms with E-state index in [9.17, 15) is 14.4 Å². The summed E-state index contributed by atoms with van der Waals surface area (Å²) in [5.41, 5.74) is -0.443. The third kappa shape index (κ3) is 2.24. The van der Waals surface area contributed by atoms with Crippen LogP contribution in [0.3, 0.4) is 0 Å². The molecule has 0 spiro atoms. The highest BCUT2D eigenvalue weighted by Crippen LogP contribution is 2.48. The second-order valence-electron chi connectivity index (χ2n) is 6.29. The molecule has 3 rings (SSSR count). The molecule has 0 radical (unpaired) electrons. The van der Waals surface area contributed by atoms with E-state index >= 15 is 0 Å². The average molecular weight is 351 g/mol. The van der Waals surface area contributed by atoms with Gasteiger partial charge in [-0.15, -0.1) is 0 Å². The first-order chi connectivity index (χ1) is 11.3. The number of carbonyl (C=O) groups excluding carboxylic acids is 3. The predicted molar refractivity (Wildman–Crippen MR) is 87.1 cm³/mol. The number of fused-ring (bicyclic) bond motifs is 1. The topological polar surface area (TPSA) is 75.7 Å². The third-order valence-electron chi connectivity index (χ3n) is 5.03. The molecule has 0 unspecified atom stereocenters. The first-order valence-electron chi connectivity index (χ1n) is 7.82. The summed E-state index contributed by atoms with van der Waals surface area (Å²) < 4.78 is 4.90. The van der Waals surface area contributed by atoms with Crippen LogP contribution in [0.25, 0.3) is 0 Å². The minimum Gasteiger partial charge on any atom is -0.468 e. The number of nitrogens with zero attached hydrogens (tertiary/aromatic N) is 1. The molecule has 1 N–H and O–H groups in total. The number of carbonyl (C=O) groups is 3. The summed E-state index contributed by atoms with van der Waals surface area (Å²) in [7, 11) is 1.28. The van der Waals surface area contributed by atoms with E-state index in [1.165, 1.54) is 12.0 Å². The summed E-state index contributed by atoms with van der Waals surface area (Å²) in [4.78, 5) is 39.1. The number of amides is 2. The van der Waals surface area contributed by atoms with Gasteiger partial charge in [-0.1, -0.05) is 23.7 Å². The Balaban J connectivity index is 2.09. The van der Waals surface area contributed by atoms with Gasteiger partial charge < -0.3 is 4.74 Å². The van der Waals surface area contributed by atoms with Crippen LogP contribution in [0.4, 0.5) is 0 Å². The molecular weight excluding hydrogens is 332 g/mol. The lowest BCUT2D eigenvalue weighted by Gasteiger charge is -2.28. The third-order valence-corrected chi connectivity index (χ3v) is 5.29. The molecular formula is C17H19ClN2O4. The Bertz CT molecular complexity index is 705. The van der Waals surface area contributed by atoms with Gasteiger partial charge in [0, 0.05) is 17.6 Å². The lowest BCUT2D eigenvalue weighted by Crippen LogP contribution is -2.53. The Kier molecular flexibility index (Phi) is 4.13. The molecule has 1 aromatic rings. The van der Waals surface area contributed by atoms with Gasteiger partial charge in [-0.2, -0.15) is 0 Å². The average Bonchev–Trinajstić information content (AvgIpc) is 3.02. The summed E-state index contributed by atoms with van der Waals surface area (Å²) in [6.45, 7) is 3.66. The molecule has 2 amide bonds. The van der Waals surface area contributed by atoms with Crippen LogP contribution in [0.2, 0.25) is 5.02 Å². The van der Waals surface area contributed by atoms with Gasteiger partial charge in [-0.05, 0) is 31.5 Å². The van der Waals surface area contributed by atoms with E-state index in [0.717, 1.165) is 5.56 Å². The van der Waals surface area contributed by atoms with Gasteiger partial charge in [0.2, 0.25) is 11.8 Å². The zero-order valence-electron chi connectivity index (χ0n) is 13.7. The van der Waals surface area contributed by atoms with E-state index in [0.29, 0.717) is 5.02 Å². The molecule has 7 heteroatoms.